The number of carbonyl (C=O) groups is 1. The van der Waals surface area contributed by atoms with Gasteiger partial charge in [-0.15, -0.1) is 0 Å². The number of hydrogen-bond donors (Lipinski definition) is 1. The Labute approximate surface area is 84.5 Å². The van der Waals surface area contributed by atoms with Crippen molar-refractivity contribution in [1.82, 2.24) is 4.31 Å². The van der Waals surface area contributed by atoms with E-state index in [-0.39, 0.29) is 4.31 Å². The summed E-state index contributed by atoms with van der Waals surface area (Å²) in [5.74, 6) is -2.56. The number of carboxylic acids is 1. The van der Waals surface area contributed by atoms with E-state index in [9.17, 15) is 26.4 Å². The average molecular weight is 249 g/mol. The first kappa shape index (κ1) is 14.2. The highest BCUT2D eigenvalue weighted by atomic mass is 32.2. The van der Waals surface area contributed by atoms with Crippen molar-refractivity contribution >= 4 is 16.0 Å². The zero-order valence-electron chi connectivity index (χ0n) is 7.95. The highest BCUT2D eigenvalue weighted by molar-refractivity contribution is 7.89. The SMILES string of the molecule is CC(CN(C)S(=O)(=O)C(F)(F)F)C(=O)O. The number of rotatable bonds is 4. The van der Waals surface area contributed by atoms with E-state index < -0.39 is 34.0 Å². The molecule has 1 unspecified atom stereocenters. The summed E-state index contributed by atoms with van der Waals surface area (Å²) in [6.07, 6.45) is 0. The van der Waals surface area contributed by atoms with E-state index in [0.717, 1.165) is 6.92 Å². The van der Waals surface area contributed by atoms with Crippen molar-refractivity contribution < 1.29 is 31.5 Å². The van der Waals surface area contributed by atoms with E-state index in [1.165, 1.54) is 0 Å². The minimum Gasteiger partial charge on any atom is -0.481 e. The third-order valence-corrected chi connectivity index (χ3v) is 3.21. The minimum absolute atomic E-state index is 0.0220. The van der Waals surface area contributed by atoms with Crippen molar-refractivity contribution in [3.63, 3.8) is 0 Å². The highest BCUT2D eigenvalue weighted by Crippen LogP contribution is 2.26. The lowest BCUT2D eigenvalue weighted by Crippen LogP contribution is -2.41. The van der Waals surface area contributed by atoms with E-state index in [1.54, 1.807) is 0 Å². The quantitative estimate of drug-likeness (QED) is 0.786. The number of hydrogen-bond acceptors (Lipinski definition) is 3. The Morgan fingerprint density at radius 1 is 1.47 bits per heavy atom. The molecule has 0 saturated carbocycles. The number of nitrogens with zero attached hydrogens (tertiary/aromatic N) is 1. The average Bonchev–Trinajstić information content (AvgIpc) is 2.01. The molecule has 0 rings (SSSR count). The Bertz CT molecular complexity index is 337. The molecule has 0 aliphatic rings. The lowest BCUT2D eigenvalue weighted by molar-refractivity contribution is -0.141. The van der Waals surface area contributed by atoms with Crippen LogP contribution in [0.25, 0.3) is 0 Å². The summed E-state index contributed by atoms with van der Waals surface area (Å²) in [5.41, 5.74) is -5.40. The molecule has 0 amide bonds. The fraction of sp³-hybridized carbons (Fsp3) is 0.833. The van der Waals surface area contributed by atoms with Crippen molar-refractivity contribution in [2.75, 3.05) is 13.6 Å². The smallest absolute Gasteiger partial charge is 0.481 e. The molecule has 0 aliphatic heterocycles. The lowest BCUT2D eigenvalue weighted by atomic mass is 10.2. The third kappa shape index (κ3) is 3.34. The Morgan fingerprint density at radius 2 is 1.87 bits per heavy atom. The zero-order chi connectivity index (χ0) is 12.4. The van der Waals surface area contributed by atoms with Gasteiger partial charge in [0.25, 0.3) is 0 Å². The predicted molar refractivity (Wildman–Crippen MR) is 44.4 cm³/mol. The van der Waals surface area contributed by atoms with Crippen LogP contribution in [0.3, 0.4) is 0 Å². The standard InChI is InChI=1S/C6H10F3NO4S/c1-4(5(11)12)3-10(2)15(13,14)6(7,8)9/h4H,3H2,1-2H3,(H,11,12). The minimum atomic E-state index is -5.44. The van der Waals surface area contributed by atoms with Gasteiger partial charge in [-0.2, -0.15) is 17.5 Å². The summed E-state index contributed by atoms with van der Waals surface area (Å²) in [6.45, 7) is 0.391. The maximum Gasteiger partial charge on any atom is 0.511 e. The molecule has 0 bridgehead atoms. The lowest BCUT2D eigenvalue weighted by Gasteiger charge is -2.20. The molecule has 15 heavy (non-hydrogen) atoms. The normalized spacial score (nSPS) is 15.3. The van der Waals surface area contributed by atoms with Gasteiger partial charge < -0.3 is 5.11 Å². The third-order valence-electron chi connectivity index (χ3n) is 1.66. The van der Waals surface area contributed by atoms with Gasteiger partial charge in [-0.05, 0) is 0 Å². The van der Waals surface area contributed by atoms with E-state index in [2.05, 4.69) is 0 Å². The molecule has 0 aromatic carbocycles. The van der Waals surface area contributed by atoms with Crippen LogP contribution >= 0.6 is 0 Å². The second-order valence-electron chi connectivity index (χ2n) is 2.97. The topological polar surface area (TPSA) is 74.7 Å². The summed E-state index contributed by atoms with van der Waals surface area (Å²) in [4.78, 5) is 10.3. The van der Waals surface area contributed by atoms with Crippen molar-refractivity contribution in [2.24, 2.45) is 5.92 Å². The Balaban J connectivity index is 4.75. The van der Waals surface area contributed by atoms with Crippen LogP contribution < -0.4 is 0 Å². The second-order valence-corrected chi connectivity index (χ2v) is 5.01. The van der Waals surface area contributed by atoms with Crippen molar-refractivity contribution in [3.8, 4) is 0 Å². The van der Waals surface area contributed by atoms with E-state index in [4.69, 9.17) is 5.11 Å². The van der Waals surface area contributed by atoms with E-state index in [0.29, 0.717) is 7.05 Å². The van der Waals surface area contributed by atoms with Crippen molar-refractivity contribution in [2.45, 2.75) is 12.4 Å². The van der Waals surface area contributed by atoms with Crippen LogP contribution in [-0.4, -0.2) is 42.9 Å². The fourth-order valence-electron chi connectivity index (χ4n) is 0.739. The van der Waals surface area contributed by atoms with Crippen LogP contribution in [-0.2, 0) is 14.8 Å². The van der Waals surface area contributed by atoms with Crippen LogP contribution in [0.1, 0.15) is 6.92 Å². The molecule has 90 valence electrons. The summed E-state index contributed by atoms with van der Waals surface area (Å²) in [6, 6.07) is 0. The maximum atomic E-state index is 12.0. The first-order valence-corrected chi connectivity index (χ1v) is 5.19. The van der Waals surface area contributed by atoms with Gasteiger partial charge in [-0.3, -0.25) is 4.79 Å². The first-order chi connectivity index (χ1) is 6.50. The molecule has 1 N–H and O–H groups in total. The molecule has 0 fully saturated rings. The maximum absolute atomic E-state index is 12.0. The monoisotopic (exact) mass is 249 g/mol. The van der Waals surface area contributed by atoms with Crippen LogP contribution in [0.4, 0.5) is 13.2 Å². The molecule has 1 atom stereocenters. The highest BCUT2D eigenvalue weighted by Gasteiger charge is 2.49. The Morgan fingerprint density at radius 3 is 2.13 bits per heavy atom. The molecular weight excluding hydrogens is 239 g/mol. The van der Waals surface area contributed by atoms with Gasteiger partial charge in [0, 0.05) is 13.6 Å². The van der Waals surface area contributed by atoms with Gasteiger partial charge in [0.2, 0.25) is 0 Å². The molecule has 5 nitrogen and oxygen atoms in total. The Kier molecular flexibility index (Phi) is 4.11. The summed E-state index contributed by atoms with van der Waals surface area (Å²) in [5, 5.41) is 8.40. The van der Waals surface area contributed by atoms with E-state index in [1.807, 2.05) is 0 Å². The molecular formula is C6H10F3NO4S. The molecule has 0 aromatic rings. The molecule has 0 aromatic heterocycles. The molecule has 0 radical (unpaired) electrons. The van der Waals surface area contributed by atoms with Crippen LogP contribution in [0.5, 0.6) is 0 Å². The van der Waals surface area contributed by atoms with Gasteiger partial charge in [0.15, 0.2) is 0 Å². The molecule has 0 saturated heterocycles. The molecule has 0 spiro atoms. The van der Waals surface area contributed by atoms with Crippen molar-refractivity contribution in [1.29, 1.82) is 0 Å². The number of aliphatic carboxylic acids is 1. The first-order valence-electron chi connectivity index (χ1n) is 3.75. The molecule has 9 heteroatoms. The van der Waals surface area contributed by atoms with Crippen molar-refractivity contribution in [3.05, 3.63) is 0 Å². The van der Waals surface area contributed by atoms with Crippen LogP contribution in [0, 0.1) is 5.92 Å². The summed E-state index contributed by atoms with van der Waals surface area (Å²) in [7, 11) is -4.75. The molecule has 0 heterocycles. The predicted octanol–water partition coefficient (Wildman–Crippen LogP) is 0.489. The summed E-state index contributed by atoms with van der Waals surface area (Å²) >= 11 is 0. The fourth-order valence-corrected chi connectivity index (χ4v) is 1.51. The van der Waals surface area contributed by atoms with Crippen LogP contribution in [0.15, 0.2) is 0 Å². The molecule has 0 aliphatic carbocycles. The number of carboxylic acid groups (broad SMARTS) is 1. The Hall–Kier alpha value is -0.830. The largest absolute Gasteiger partial charge is 0.511 e. The van der Waals surface area contributed by atoms with Gasteiger partial charge in [0.05, 0.1) is 5.92 Å². The van der Waals surface area contributed by atoms with E-state index >= 15 is 0 Å². The van der Waals surface area contributed by atoms with Gasteiger partial charge in [-0.25, -0.2) is 8.42 Å². The number of alkyl halides is 3. The van der Waals surface area contributed by atoms with Gasteiger partial charge in [-0.1, -0.05) is 6.92 Å². The zero-order valence-corrected chi connectivity index (χ0v) is 8.76. The van der Waals surface area contributed by atoms with Gasteiger partial charge in [0.1, 0.15) is 0 Å². The number of halogens is 3. The summed E-state index contributed by atoms with van der Waals surface area (Å²) < 4.78 is 57.3. The second kappa shape index (κ2) is 4.35. The number of sulfonamides is 1. The van der Waals surface area contributed by atoms with Crippen LogP contribution in [0.2, 0.25) is 0 Å². The van der Waals surface area contributed by atoms with Gasteiger partial charge >= 0.3 is 21.5 Å².